The van der Waals surface area contributed by atoms with E-state index in [0.717, 1.165) is 16.9 Å². The third-order valence-corrected chi connectivity index (χ3v) is 6.03. The lowest BCUT2D eigenvalue weighted by Gasteiger charge is -2.29. The molecule has 0 saturated carbocycles. The molecule has 32 heavy (non-hydrogen) atoms. The Kier molecular flexibility index (Phi) is 6.59. The predicted octanol–water partition coefficient (Wildman–Crippen LogP) is 4.17. The van der Waals surface area contributed by atoms with Crippen LogP contribution in [0.3, 0.4) is 0 Å². The lowest BCUT2D eigenvalue weighted by atomic mass is 9.85. The van der Waals surface area contributed by atoms with Crippen LogP contribution in [0.2, 0.25) is 0 Å². The number of methoxy groups -OCH3 is 1. The second-order valence-electron chi connectivity index (χ2n) is 8.28. The van der Waals surface area contributed by atoms with Crippen LogP contribution in [0, 0.1) is 0 Å². The molecule has 4 rings (SSSR count). The minimum atomic E-state index is -0.421. The second kappa shape index (κ2) is 9.73. The van der Waals surface area contributed by atoms with Crippen molar-refractivity contribution < 1.29 is 18.7 Å². The fraction of sp³-hybridized carbons (Fsp3) is 0.308. The lowest BCUT2D eigenvalue weighted by molar-refractivity contribution is -0.123. The van der Waals surface area contributed by atoms with Crippen molar-refractivity contribution in [3.63, 3.8) is 0 Å². The molecule has 2 aromatic carbocycles. The molecule has 0 radical (unpaired) electrons. The van der Waals surface area contributed by atoms with Gasteiger partial charge in [-0.25, -0.2) is 0 Å². The summed E-state index contributed by atoms with van der Waals surface area (Å²) >= 11 is 0. The molecule has 1 aliphatic rings. The van der Waals surface area contributed by atoms with Gasteiger partial charge in [0.2, 0.25) is 11.8 Å². The maximum atomic E-state index is 13.0. The number of hydrogen-bond acceptors (Lipinski definition) is 4. The summed E-state index contributed by atoms with van der Waals surface area (Å²) in [6.07, 6.45) is 4.35. The maximum absolute atomic E-state index is 13.0. The van der Waals surface area contributed by atoms with Crippen LogP contribution in [0.4, 0.5) is 0 Å². The van der Waals surface area contributed by atoms with Gasteiger partial charge in [0.25, 0.3) is 0 Å². The zero-order valence-electron chi connectivity index (χ0n) is 18.2. The molecule has 3 aromatic rings. The average Bonchev–Trinajstić information content (AvgIpc) is 3.48. The van der Waals surface area contributed by atoms with E-state index in [2.05, 4.69) is 10.6 Å². The molecule has 2 amide bonds. The first kappa shape index (κ1) is 21.7. The van der Waals surface area contributed by atoms with Crippen molar-refractivity contribution in [3.05, 3.63) is 89.9 Å². The van der Waals surface area contributed by atoms with Crippen LogP contribution in [0.1, 0.15) is 48.6 Å². The Hall–Kier alpha value is -3.54. The molecular formula is C26H28N2O4. The van der Waals surface area contributed by atoms with Crippen molar-refractivity contribution in [1.29, 1.82) is 0 Å². The van der Waals surface area contributed by atoms with E-state index in [4.69, 9.17) is 9.15 Å². The monoisotopic (exact) mass is 432 g/mol. The van der Waals surface area contributed by atoms with E-state index >= 15 is 0 Å². The number of ether oxygens (including phenoxy) is 1. The van der Waals surface area contributed by atoms with Gasteiger partial charge in [-0.3, -0.25) is 9.59 Å². The molecule has 1 fully saturated rings. The average molecular weight is 433 g/mol. The van der Waals surface area contributed by atoms with Crippen molar-refractivity contribution in [3.8, 4) is 5.75 Å². The number of carbonyl (C=O) groups excluding carboxylic acids is 2. The SMILES string of the molecule is COc1ccc(C[C@@]2(CCC(=O)N[C@@H](c3ccccc3)c3ccco3)CCC(=O)N2)cc1. The summed E-state index contributed by atoms with van der Waals surface area (Å²) in [6, 6.07) is 20.9. The summed E-state index contributed by atoms with van der Waals surface area (Å²) in [5.74, 6) is 1.44. The number of rotatable bonds is 9. The molecule has 0 unspecified atom stereocenters. The molecule has 2 heterocycles. The summed E-state index contributed by atoms with van der Waals surface area (Å²) in [4.78, 5) is 25.0. The number of amides is 2. The highest BCUT2D eigenvalue weighted by Gasteiger charge is 2.38. The van der Waals surface area contributed by atoms with Gasteiger partial charge in [-0.2, -0.15) is 0 Å². The minimum Gasteiger partial charge on any atom is -0.497 e. The molecule has 0 bridgehead atoms. The number of hydrogen-bond donors (Lipinski definition) is 2. The van der Waals surface area contributed by atoms with E-state index in [-0.39, 0.29) is 17.9 Å². The van der Waals surface area contributed by atoms with E-state index in [1.54, 1.807) is 13.4 Å². The summed E-state index contributed by atoms with van der Waals surface area (Å²) in [5.41, 5.74) is 1.64. The van der Waals surface area contributed by atoms with E-state index < -0.39 is 5.54 Å². The third-order valence-electron chi connectivity index (χ3n) is 6.03. The quantitative estimate of drug-likeness (QED) is 0.532. The standard InChI is InChI=1S/C26H28N2O4/c1-31-21-11-9-19(10-12-21)18-26(16-14-24(30)28-26)15-13-23(29)27-25(22-8-5-17-32-22)20-6-3-2-4-7-20/h2-12,17,25H,13-16,18H2,1H3,(H,27,29)(H,28,30)/t25-,26+/m0/s1. The molecule has 166 valence electrons. The molecule has 6 nitrogen and oxygen atoms in total. The normalized spacial score (nSPS) is 18.7. The van der Waals surface area contributed by atoms with Gasteiger partial charge >= 0.3 is 0 Å². The lowest BCUT2D eigenvalue weighted by Crippen LogP contribution is -2.44. The topological polar surface area (TPSA) is 80.6 Å². The van der Waals surface area contributed by atoms with Crippen molar-refractivity contribution in [2.24, 2.45) is 0 Å². The molecule has 2 atom stereocenters. The van der Waals surface area contributed by atoms with Crippen molar-refractivity contribution in [1.82, 2.24) is 10.6 Å². The Morgan fingerprint density at radius 2 is 1.91 bits per heavy atom. The van der Waals surface area contributed by atoms with Crippen LogP contribution in [0.25, 0.3) is 0 Å². The van der Waals surface area contributed by atoms with Crippen LogP contribution in [-0.2, 0) is 16.0 Å². The van der Waals surface area contributed by atoms with Gasteiger partial charge in [0.05, 0.1) is 13.4 Å². The molecule has 1 aromatic heterocycles. The molecule has 1 saturated heterocycles. The van der Waals surface area contributed by atoms with Crippen molar-refractivity contribution >= 4 is 11.8 Å². The Bertz CT molecular complexity index is 1030. The van der Waals surface area contributed by atoms with Crippen molar-refractivity contribution in [2.45, 2.75) is 43.7 Å². The molecule has 6 heteroatoms. The molecule has 1 aliphatic heterocycles. The zero-order valence-corrected chi connectivity index (χ0v) is 18.2. The van der Waals surface area contributed by atoms with Crippen LogP contribution < -0.4 is 15.4 Å². The zero-order chi connectivity index (χ0) is 22.4. The van der Waals surface area contributed by atoms with E-state index in [0.29, 0.717) is 37.9 Å². The first-order chi connectivity index (χ1) is 15.6. The van der Waals surface area contributed by atoms with E-state index in [1.807, 2.05) is 66.7 Å². The van der Waals surface area contributed by atoms with Gasteiger partial charge in [-0.05, 0) is 54.7 Å². The summed E-state index contributed by atoms with van der Waals surface area (Å²) in [5, 5.41) is 6.25. The fourth-order valence-electron chi connectivity index (χ4n) is 4.32. The smallest absolute Gasteiger partial charge is 0.220 e. The molecule has 2 N–H and O–H groups in total. The number of nitrogens with one attached hydrogen (secondary N) is 2. The predicted molar refractivity (Wildman–Crippen MR) is 121 cm³/mol. The van der Waals surface area contributed by atoms with Gasteiger partial charge in [-0.1, -0.05) is 42.5 Å². The molecule has 0 spiro atoms. The van der Waals surface area contributed by atoms with Gasteiger partial charge in [0.1, 0.15) is 17.6 Å². The maximum Gasteiger partial charge on any atom is 0.220 e. The highest BCUT2D eigenvalue weighted by molar-refractivity contribution is 5.80. The van der Waals surface area contributed by atoms with Crippen LogP contribution in [0.15, 0.2) is 77.4 Å². The van der Waals surface area contributed by atoms with Gasteiger partial charge in [-0.15, -0.1) is 0 Å². The number of furan rings is 1. The van der Waals surface area contributed by atoms with Crippen molar-refractivity contribution in [2.75, 3.05) is 7.11 Å². The third kappa shape index (κ3) is 5.19. The van der Waals surface area contributed by atoms with Crippen LogP contribution >= 0.6 is 0 Å². The Labute approximate surface area is 188 Å². The first-order valence-electron chi connectivity index (χ1n) is 10.9. The minimum absolute atomic E-state index is 0.0386. The first-order valence-corrected chi connectivity index (χ1v) is 10.9. The Morgan fingerprint density at radius 1 is 1.12 bits per heavy atom. The molecule has 0 aliphatic carbocycles. The van der Waals surface area contributed by atoms with E-state index in [9.17, 15) is 9.59 Å². The highest BCUT2D eigenvalue weighted by atomic mass is 16.5. The van der Waals surface area contributed by atoms with Gasteiger partial charge in [0.15, 0.2) is 0 Å². The Morgan fingerprint density at radius 3 is 2.53 bits per heavy atom. The highest BCUT2D eigenvalue weighted by Crippen LogP contribution is 2.30. The largest absolute Gasteiger partial charge is 0.497 e. The Balaban J connectivity index is 1.44. The second-order valence-corrected chi connectivity index (χ2v) is 8.28. The van der Waals surface area contributed by atoms with Crippen LogP contribution in [-0.4, -0.2) is 24.5 Å². The van der Waals surface area contributed by atoms with Crippen LogP contribution in [0.5, 0.6) is 5.75 Å². The summed E-state index contributed by atoms with van der Waals surface area (Å²) in [6.45, 7) is 0. The van der Waals surface area contributed by atoms with Gasteiger partial charge < -0.3 is 19.8 Å². The van der Waals surface area contributed by atoms with Gasteiger partial charge in [0, 0.05) is 18.4 Å². The number of carbonyl (C=O) groups is 2. The summed E-state index contributed by atoms with van der Waals surface area (Å²) < 4.78 is 10.8. The molecular weight excluding hydrogens is 404 g/mol. The fourth-order valence-corrected chi connectivity index (χ4v) is 4.32. The summed E-state index contributed by atoms with van der Waals surface area (Å²) in [7, 11) is 1.64. The number of benzene rings is 2. The van der Waals surface area contributed by atoms with E-state index in [1.165, 1.54) is 0 Å².